The molecule has 2 nitrogen and oxygen atoms in total. The molecule has 0 bridgehead atoms. The topological polar surface area (TPSA) is 18.5 Å². The summed E-state index contributed by atoms with van der Waals surface area (Å²) in [5.74, 6) is 0. The molecule has 0 aromatic heterocycles. The van der Waals surface area contributed by atoms with Gasteiger partial charge in [0.05, 0.1) is 13.2 Å². The minimum absolute atomic E-state index is 0. The molecule has 0 aromatic carbocycles. The molecule has 0 aliphatic carbocycles. The van der Waals surface area contributed by atoms with Crippen molar-refractivity contribution in [3.63, 3.8) is 0 Å². The summed E-state index contributed by atoms with van der Waals surface area (Å²) in [4.78, 5) is 0. The van der Waals surface area contributed by atoms with E-state index in [1.807, 2.05) is 0 Å². The van der Waals surface area contributed by atoms with Gasteiger partial charge in [-0.25, -0.2) is 0 Å². The normalized spacial score (nSPS) is 7.71. The van der Waals surface area contributed by atoms with E-state index in [1.165, 1.54) is 0 Å². The van der Waals surface area contributed by atoms with Crippen LogP contribution < -0.4 is 0 Å². The first-order valence-electron chi connectivity index (χ1n) is 1.89. The second-order valence-electron chi connectivity index (χ2n) is 0.986. The predicted octanol–water partition coefficient (Wildman–Crippen LogP) is -0.369. The van der Waals surface area contributed by atoms with Crippen molar-refractivity contribution in [1.82, 2.24) is 0 Å². The molecule has 0 atom stereocenters. The molecule has 0 aliphatic rings. The first-order chi connectivity index (χ1) is 2.91. The SMILES string of the molecule is COCCOC.[KH]. The number of ether oxygens (including phenoxy) is 2. The number of hydrogen-bond acceptors (Lipinski definition) is 2. The van der Waals surface area contributed by atoms with Crippen LogP contribution in [-0.4, -0.2) is 78.8 Å². The van der Waals surface area contributed by atoms with Crippen molar-refractivity contribution in [1.29, 1.82) is 0 Å². The predicted molar refractivity (Wildman–Crippen MR) is 30.9 cm³/mol. The van der Waals surface area contributed by atoms with Crippen LogP contribution in [0.25, 0.3) is 0 Å². The van der Waals surface area contributed by atoms with Gasteiger partial charge in [-0.2, -0.15) is 0 Å². The van der Waals surface area contributed by atoms with Crippen molar-refractivity contribution in [3.05, 3.63) is 0 Å². The molecule has 0 amide bonds. The third-order valence-electron chi connectivity index (χ3n) is 0.492. The quantitative estimate of drug-likeness (QED) is 0.383. The first-order valence-corrected chi connectivity index (χ1v) is 1.89. The molecule has 3 heteroatoms. The van der Waals surface area contributed by atoms with E-state index in [4.69, 9.17) is 0 Å². The van der Waals surface area contributed by atoms with Crippen LogP contribution in [0.4, 0.5) is 0 Å². The van der Waals surface area contributed by atoms with Crippen LogP contribution in [0.3, 0.4) is 0 Å². The van der Waals surface area contributed by atoms with Crippen LogP contribution in [0.15, 0.2) is 0 Å². The first kappa shape index (κ1) is 11.4. The van der Waals surface area contributed by atoms with E-state index in [9.17, 15) is 0 Å². The zero-order valence-electron chi connectivity index (χ0n) is 4.23. The summed E-state index contributed by atoms with van der Waals surface area (Å²) >= 11 is 0. The van der Waals surface area contributed by atoms with E-state index in [2.05, 4.69) is 9.47 Å². The van der Waals surface area contributed by atoms with E-state index in [1.54, 1.807) is 14.2 Å². The van der Waals surface area contributed by atoms with E-state index in [-0.39, 0.29) is 51.4 Å². The molecule has 0 radical (unpaired) electrons. The Hall–Kier alpha value is 1.56. The number of methoxy groups -OCH3 is 2. The van der Waals surface area contributed by atoms with Gasteiger partial charge in [-0.05, 0) is 0 Å². The molecule has 0 spiro atoms. The third-order valence-corrected chi connectivity index (χ3v) is 0.492. The van der Waals surface area contributed by atoms with E-state index in [0.717, 1.165) is 0 Å². The summed E-state index contributed by atoms with van der Waals surface area (Å²) in [5, 5.41) is 0. The summed E-state index contributed by atoms with van der Waals surface area (Å²) in [6, 6.07) is 0. The fourth-order valence-corrected chi connectivity index (χ4v) is 0.167. The summed E-state index contributed by atoms with van der Waals surface area (Å²) in [7, 11) is 3.30. The fourth-order valence-electron chi connectivity index (χ4n) is 0.167. The van der Waals surface area contributed by atoms with Gasteiger partial charge in [-0.15, -0.1) is 0 Å². The van der Waals surface area contributed by atoms with Gasteiger partial charge < -0.3 is 9.47 Å². The van der Waals surface area contributed by atoms with Crippen LogP contribution in [-0.2, 0) is 9.47 Å². The molecule has 0 rings (SSSR count). The monoisotopic (exact) mass is 130 g/mol. The molecule has 40 valence electrons. The van der Waals surface area contributed by atoms with Gasteiger partial charge in [0.1, 0.15) is 0 Å². The van der Waals surface area contributed by atoms with Crippen LogP contribution >= 0.6 is 0 Å². The second-order valence-corrected chi connectivity index (χ2v) is 0.986. The molecule has 0 fully saturated rings. The molecule has 0 N–H and O–H groups in total. The molecule has 7 heavy (non-hydrogen) atoms. The standard InChI is InChI=1S/C4H10O2.K.H/c1-5-3-4-6-2;;/h3-4H2,1-2H3;;. The number of rotatable bonds is 3. The third kappa shape index (κ3) is 11.2. The Morgan fingerprint density at radius 1 is 1.00 bits per heavy atom. The fraction of sp³-hybridized carbons (Fsp3) is 1.00. The Morgan fingerprint density at radius 3 is 1.43 bits per heavy atom. The van der Waals surface area contributed by atoms with Crippen LogP contribution in [0.1, 0.15) is 0 Å². The van der Waals surface area contributed by atoms with Crippen LogP contribution in [0.2, 0.25) is 0 Å². The van der Waals surface area contributed by atoms with Crippen molar-refractivity contribution in [2.75, 3.05) is 27.4 Å². The molecule has 0 unspecified atom stereocenters. The molecule has 0 saturated carbocycles. The van der Waals surface area contributed by atoms with Crippen molar-refractivity contribution in [2.24, 2.45) is 0 Å². The Morgan fingerprint density at radius 2 is 1.29 bits per heavy atom. The maximum atomic E-state index is 4.66. The average Bonchev–Trinajstić information content (AvgIpc) is 1.61. The average molecular weight is 130 g/mol. The zero-order chi connectivity index (χ0) is 4.83. The van der Waals surface area contributed by atoms with Crippen molar-refractivity contribution in [2.45, 2.75) is 0 Å². The molecular formula is C4H11KO2. The minimum atomic E-state index is 0. The molecule has 0 aliphatic heterocycles. The van der Waals surface area contributed by atoms with Gasteiger partial charge >= 0.3 is 51.4 Å². The number of hydrogen-bond donors (Lipinski definition) is 0. The zero-order valence-corrected chi connectivity index (χ0v) is 4.23. The van der Waals surface area contributed by atoms with Crippen LogP contribution in [0, 0.1) is 0 Å². The van der Waals surface area contributed by atoms with Crippen molar-refractivity contribution < 1.29 is 9.47 Å². The van der Waals surface area contributed by atoms with Crippen molar-refractivity contribution >= 4 is 51.4 Å². The van der Waals surface area contributed by atoms with Crippen LogP contribution in [0.5, 0.6) is 0 Å². The van der Waals surface area contributed by atoms with Gasteiger partial charge in [0.25, 0.3) is 0 Å². The molecule has 0 heterocycles. The summed E-state index contributed by atoms with van der Waals surface area (Å²) in [5.41, 5.74) is 0. The van der Waals surface area contributed by atoms with Gasteiger partial charge in [0, 0.05) is 14.2 Å². The van der Waals surface area contributed by atoms with E-state index < -0.39 is 0 Å². The Kier molecular flexibility index (Phi) is 17.1. The van der Waals surface area contributed by atoms with Gasteiger partial charge in [0.2, 0.25) is 0 Å². The summed E-state index contributed by atoms with van der Waals surface area (Å²) in [6.45, 7) is 1.38. The van der Waals surface area contributed by atoms with Crippen molar-refractivity contribution in [3.8, 4) is 0 Å². The second kappa shape index (κ2) is 10.5. The molecular weight excluding hydrogens is 119 g/mol. The molecule has 0 aromatic rings. The Balaban J connectivity index is 0. The summed E-state index contributed by atoms with van der Waals surface area (Å²) < 4.78 is 9.31. The van der Waals surface area contributed by atoms with E-state index in [0.29, 0.717) is 13.2 Å². The van der Waals surface area contributed by atoms with E-state index >= 15 is 0 Å². The van der Waals surface area contributed by atoms with Gasteiger partial charge in [-0.3, -0.25) is 0 Å². The summed E-state index contributed by atoms with van der Waals surface area (Å²) in [6.07, 6.45) is 0. The molecule has 0 saturated heterocycles. The van der Waals surface area contributed by atoms with Gasteiger partial charge in [0.15, 0.2) is 0 Å². The maximum absolute atomic E-state index is 4.66. The van der Waals surface area contributed by atoms with Gasteiger partial charge in [-0.1, -0.05) is 0 Å². The Bertz CT molecular complexity index is 21.7. The Labute approximate surface area is 87.0 Å².